The lowest BCUT2D eigenvalue weighted by Gasteiger charge is -2.51. The average Bonchev–Trinajstić information content (AvgIpc) is 3.54. The van der Waals surface area contributed by atoms with Crippen molar-refractivity contribution in [2.24, 2.45) is 17.8 Å². The number of carbonyl (C=O) groups excluding carboxylic acids is 4. The summed E-state index contributed by atoms with van der Waals surface area (Å²) in [7, 11) is 0. The van der Waals surface area contributed by atoms with Crippen LogP contribution in [0.25, 0.3) is 0 Å². The Morgan fingerprint density at radius 3 is 2.07 bits per heavy atom. The van der Waals surface area contributed by atoms with Crippen molar-refractivity contribution in [2.45, 2.75) is 53.9 Å². The minimum absolute atomic E-state index is 0.0341. The lowest BCUT2D eigenvalue weighted by atomic mass is 9.56. The number of nitrogens with zero attached hydrogens (tertiary/aromatic N) is 3. The Hall–Kier alpha value is -4.37. The van der Waals surface area contributed by atoms with Crippen molar-refractivity contribution in [3.05, 3.63) is 106 Å². The lowest BCUT2D eigenvalue weighted by Crippen LogP contribution is -2.60. The molecule has 6 atom stereocenters. The number of aliphatic hydroxyl groups excluding tert-OH is 1. The summed E-state index contributed by atoms with van der Waals surface area (Å²) in [4.78, 5) is 55.8. The number of para-hydroxylation sites is 1. The molecule has 3 aromatic carbocycles. The molecule has 5 aliphatic rings. The minimum atomic E-state index is -2.68. The second-order valence-corrected chi connectivity index (χ2v) is 16.1. The third-order valence-electron chi connectivity index (χ3n) is 12.0. The van der Waals surface area contributed by atoms with Crippen LogP contribution in [0.5, 0.6) is 5.75 Å². The van der Waals surface area contributed by atoms with Crippen LogP contribution in [0.2, 0.25) is 0 Å². The van der Waals surface area contributed by atoms with Crippen molar-refractivity contribution in [1.29, 1.82) is 0 Å². The second-order valence-electron chi connectivity index (χ2n) is 14.8. The number of rotatable bonds is 8. The van der Waals surface area contributed by atoms with E-state index in [0.29, 0.717) is 38.0 Å². The molecule has 3 heterocycles. The lowest BCUT2D eigenvalue weighted by molar-refractivity contribution is -0.144. The van der Waals surface area contributed by atoms with Crippen LogP contribution in [-0.2, 0) is 25.7 Å². The second kappa shape index (κ2) is 14.2. The molecule has 9 nitrogen and oxygen atoms in total. The number of fused-ring (bicyclic) bond motifs is 4. The van der Waals surface area contributed by atoms with Crippen molar-refractivity contribution >= 4 is 52.5 Å². The van der Waals surface area contributed by atoms with Crippen LogP contribution in [-0.4, -0.2) is 80.6 Å². The molecule has 0 radical (unpaired) electrons. The molecular weight excluding hydrogens is 784 g/mol. The van der Waals surface area contributed by atoms with Gasteiger partial charge in [-0.15, -0.1) is 23.2 Å². The predicted octanol–water partition coefficient (Wildman–Crippen LogP) is 5.98. The van der Waals surface area contributed by atoms with Gasteiger partial charge in [-0.2, -0.15) is 0 Å². The fraction of sp³-hybridized carbons (Fsp3) is 0.400. The average molecular weight is 819 g/mol. The highest BCUT2D eigenvalue weighted by Gasteiger charge is 2.77. The molecule has 0 spiro atoms. The van der Waals surface area contributed by atoms with Gasteiger partial charge in [0.1, 0.15) is 18.0 Å². The first kappa shape index (κ1) is 38.5. The summed E-state index contributed by atoms with van der Waals surface area (Å²) < 4.78 is 79.8. The number of amides is 4. The van der Waals surface area contributed by atoms with Gasteiger partial charge in [0.15, 0.2) is 33.0 Å². The highest BCUT2D eigenvalue weighted by molar-refractivity contribution is 6.58. The molecule has 3 aromatic rings. The van der Waals surface area contributed by atoms with Crippen LogP contribution >= 0.6 is 23.2 Å². The maximum atomic E-state index is 15.4. The monoisotopic (exact) mass is 817 g/mol. The number of halogens is 7. The molecule has 3 saturated heterocycles. The van der Waals surface area contributed by atoms with E-state index >= 15 is 8.78 Å². The van der Waals surface area contributed by atoms with Crippen LogP contribution in [0.4, 0.5) is 27.6 Å². The fourth-order valence-electron chi connectivity index (χ4n) is 9.48. The maximum Gasteiger partial charge on any atom is 0.258 e. The normalized spacial score (nSPS) is 29.4. The van der Waals surface area contributed by atoms with E-state index < -0.39 is 111 Å². The molecule has 4 fully saturated rings. The van der Waals surface area contributed by atoms with Gasteiger partial charge in [-0.1, -0.05) is 60.2 Å². The topological polar surface area (TPSA) is 107 Å². The smallest absolute Gasteiger partial charge is 0.258 e. The molecule has 16 heteroatoms. The molecule has 56 heavy (non-hydrogen) atoms. The zero-order chi connectivity index (χ0) is 39.8. The van der Waals surface area contributed by atoms with Gasteiger partial charge in [0.25, 0.3) is 11.8 Å². The molecule has 0 aromatic heterocycles. The van der Waals surface area contributed by atoms with Crippen LogP contribution in [0, 0.1) is 46.8 Å². The summed E-state index contributed by atoms with van der Waals surface area (Å²) in [6, 6.07) is 15.6. The molecule has 1 saturated carbocycles. The molecular formula is C40H34Cl2F5N3O6. The molecule has 8 rings (SSSR count). The summed E-state index contributed by atoms with van der Waals surface area (Å²) in [5.41, 5.74) is -0.266. The van der Waals surface area contributed by atoms with E-state index in [1.807, 2.05) is 30.3 Å². The van der Waals surface area contributed by atoms with Crippen molar-refractivity contribution in [3.63, 3.8) is 0 Å². The van der Waals surface area contributed by atoms with Gasteiger partial charge in [-0.05, 0) is 43.2 Å². The van der Waals surface area contributed by atoms with Gasteiger partial charge >= 0.3 is 0 Å². The van der Waals surface area contributed by atoms with E-state index in [9.17, 15) is 37.5 Å². The number of benzene rings is 3. The zero-order valence-corrected chi connectivity index (χ0v) is 31.0. The van der Waals surface area contributed by atoms with Gasteiger partial charge in [-0.3, -0.25) is 29.0 Å². The molecule has 0 unspecified atom stereocenters. The standard InChI is InChI=1S/C40H34Cl2F5N3O6/c41-39-18-25-22(10-11-24-27(25)36(53)49(35(24)52)21-12-14-48(15-13-21)19-20-6-2-1-3-7-20)28(23-8-4-5-9-26(23)56-17-16-51)40(39,42)38(55)50(37(39)54)34-32(46)30(44)29(43)31(45)33(34)47/h1-10,21,24-25,27-28,51H,11-19H2/t24-,25+,27-,28+,39+,40-/m0/s1. The quantitative estimate of drug-likeness (QED) is 0.0745. The van der Waals surface area contributed by atoms with Gasteiger partial charge in [-0.25, -0.2) is 26.9 Å². The van der Waals surface area contributed by atoms with Gasteiger partial charge in [0.05, 0.1) is 18.4 Å². The zero-order valence-electron chi connectivity index (χ0n) is 29.5. The highest BCUT2D eigenvalue weighted by atomic mass is 35.5. The molecule has 294 valence electrons. The third kappa shape index (κ3) is 5.53. The van der Waals surface area contributed by atoms with Gasteiger partial charge in [0.2, 0.25) is 17.6 Å². The summed E-state index contributed by atoms with van der Waals surface area (Å²) in [5.74, 6) is -20.7. The summed E-state index contributed by atoms with van der Waals surface area (Å²) in [5, 5.41) is 9.56. The van der Waals surface area contributed by atoms with E-state index in [-0.39, 0.29) is 29.2 Å². The van der Waals surface area contributed by atoms with Crippen LogP contribution in [0.1, 0.15) is 42.7 Å². The number of hydrogen-bond donors (Lipinski definition) is 1. The number of allylic oxidation sites excluding steroid dienone is 2. The number of piperidine rings is 1. The molecule has 2 aliphatic carbocycles. The maximum absolute atomic E-state index is 15.4. The Bertz CT molecular complexity index is 2160. The first-order valence-corrected chi connectivity index (χ1v) is 19.0. The molecule has 4 amide bonds. The number of imide groups is 2. The molecule has 1 N–H and O–H groups in total. The Morgan fingerprint density at radius 2 is 1.41 bits per heavy atom. The third-order valence-corrected chi connectivity index (χ3v) is 13.4. The van der Waals surface area contributed by atoms with Crippen molar-refractivity contribution < 1.29 is 51.0 Å². The summed E-state index contributed by atoms with van der Waals surface area (Å²) in [6.07, 6.45) is 2.12. The highest BCUT2D eigenvalue weighted by Crippen LogP contribution is 2.66. The van der Waals surface area contributed by atoms with Gasteiger partial charge < -0.3 is 9.84 Å². The number of carbonyl (C=O) groups is 4. The number of hydrogen-bond acceptors (Lipinski definition) is 7. The SMILES string of the molecule is O=C1[C@H]2[C@H](CC=C3[C@H]2C[C@@]2(Cl)C(=O)N(c4c(F)c(F)c(F)c(F)c4F)C(=O)[C@@]2(Cl)[C@H]3c2ccccc2OCCO)C(=O)N1C1CCN(Cc2ccccc2)CC1. The first-order valence-electron chi connectivity index (χ1n) is 18.2. The van der Waals surface area contributed by atoms with E-state index in [4.69, 9.17) is 27.9 Å². The number of ether oxygens (including phenoxy) is 1. The Labute approximate surface area is 327 Å². The van der Waals surface area contributed by atoms with Crippen LogP contribution < -0.4 is 9.64 Å². The van der Waals surface area contributed by atoms with Crippen molar-refractivity contribution in [3.8, 4) is 5.75 Å². The Kier molecular flexibility index (Phi) is 9.78. The molecule has 3 aliphatic heterocycles. The first-order chi connectivity index (χ1) is 26.8. The van der Waals surface area contributed by atoms with E-state index in [1.165, 1.54) is 17.0 Å². The summed E-state index contributed by atoms with van der Waals surface area (Å²) >= 11 is 14.5. The Balaban J connectivity index is 1.20. The fourth-order valence-corrected chi connectivity index (χ4v) is 10.4. The minimum Gasteiger partial charge on any atom is -0.491 e. The van der Waals surface area contributed by atoms with Gasteiger partial charge in [0, 0.05) is 37.2 Å². The van der Waals surface area contributed by atoms with E-state index in [2.05, 4.69) is 4.90 Å². The number of anilines is 1. The number of alkyl halides is 2. The largest absolute Gasteiger partial charge is 0.491 e. The van der Waals surface area contributed by atoms with E-state index in [0.717, 1.165) is 5.56 Å². The van der Waals surface area contributed by atoms with E-state index in [1.54, 1.807) is 18.2 Å². The Morgan fingerprint density at radius 1 is 0.786 bits per heavy atom. The molecule has 0 bridgehead atoms. The van der Waals surface area contributed by atoms with Crippen LogP contribution in [0.15, 0.2) is 66.2 Å². The summed E-state index contributed by atoms with van der Waals surface area (Å²) in [6.45, 7) is 1.29. The van der Waals surface area contributed by atoms with Crippen molar-refractivity contribution in [1.82, 2.24) is 9.80 Å². The number of aliphatic hydroxyl groups is 1. The van der Waals surface area contributed by atoms with Crippen LogP contribution in [0.3, 0.4) is 0 Å². The predicted molar refractivity (Wildman–Crippen MR) is 192 cm³/mol. The van der Waals surface area contributed by atoms with Crippen molar-refractivity contribution in [2.75, 3.05) is 31.2 Å². The number of likely N-dealkylation sites (tertiary alicyclic amines) is 2.